The van der Waals surface area contributed by atoms with Gasteiger partial charge in [-0.05, 0) is 96.9 Å². The van der Waals surface area contributed by atoms with Gasteiger partial charge in [-0.1, -0.05) is 35.5 Å². The topological polar surface area (TPSA) is 117 Å². The monoisotopic (exact) mass is 658 g/mol. The summed E-state index contributed by atoms with van der Waals surface area (Å²) in [5.41, 5.74) is 8.33. The van der Waals surface area contributed by atoms with Crippen molar-refractivity contribution in [2.45, 2.75) is 57.5 Å². The molecule has 0 bridgehead atoms. The molecule has 11 heteroatoms. The molecule has 1 atom stereocenters. The third-order valence-corrected chi connectivity index (χ3v) is 11.1. The average Bonchev–Trinajstić information content (AvgIpc) is 3.94. The number of thiophene rings is 1. The van der Waals surface area contributed by atoms with E-state index in [1.165, 1.54) is 35.2 Å². The SMILES string of the molecule is O=C1c2c(nc(CCc3ccc(F)cc3)c(-c3noc(=O)[nH]3)c2-c2cc3ccnc(NCc4ccc5c(c4)CCC5)c3s2)C2CCCN12. The summed E-state index contributed by atoms with van der Waals surface area (Å²) >= 11 is 1.55. The zero-order valence-electron chi connectivity index (χ0n) is 26.0. The number of anilines is 1. The van der Waals surface area contributed by atoms with Crippen molar-refractivity contribution in [3.8, 4) is 21.8 Å². The summed E-state index contributed by atoms with van der Waals surface area (Å²) in [6.07, 6.45) is 8.12. The number of benzene rings is 2. The normalized spacial score (nSPS) is 16.5. The van der Waals surface area contributed by atoms with Crippen LogP contribution >= 0.6 is 11.3 Å². The third-order valence-electron chi connectivity index (χ3n) is 9.89. The standard InChI is InChI=1S/C37H31FN6O3S/c38-25-11-7-20(8-12-25)9-13-26-29(34-42-37(46)47-43-34)30(31-32(41-26)27-5-2-16-44(27)36(31)45)28-18-24-14-15-39-35(33(24)48-28)40-19-21-6-10-22-3-1-4-23(22)17-21/h6-8,10-12,14-15,17-18,27H,1-5,9,13,16,19H2,(H,39,40)(H,42,43,46). The number of hydrogen-bond donors (Lipinski definition) is 2. The van der Waals surface area contributed by atoms with Gasteiger partial charge in [-0.25, -0.2) is 14.2 Å². The van der Waals surface area contributed by atoms with Gasteiger partial charge in [0, 0.05) is 29.7 Å². The molecule has 9 nitrogen and oxygen atoms in total. The van der Waals surface area contributed by atoms with E-state index in [4.69, 9.17) is 14.5 Å². The highest BCUT2D eigenvalue weighted by molar-refractivity contribution is 7.23. The molecule has 48 heavy (non-hydrogen) atoms. The van der Waals surface area contributed by atoms with Crippen LogP contribution in [0.25, 0.3) is 31.9 Å². The minimum Gasteiger partial charge on any atom is -0.365 e. The van der Waals surface area contributed by atoms with E-state index in [1.54, 1.807) is 29.7 Å². The molecule has 2 aliphatic heterocycles. The molecular formula is C37H31FN6O3S. The molecule has 2 N–H and O–H groups in total. The van der Waals surface area contributed by atoms with Crippen molar-refractivity contribution >= 4 is 33.1 Å². The molecule has 0 saturated carbocycles. The number of pyridine rings is 2. The van der Waals surface area contributed by atoms with E-state index in [0.29, 0.717) is 48.3 Å². The van der Waals surface area contributed by atoms with E-state index >= 15 is 0 Å². The summed E-state index contributed by atoms with van der Waals surface area (Å²) in [5, 5.41) is 8.66. The minimum absolute atomic E-state index is 0.0577. The fraction of sp³-hybridized carbons (Fsp3) is 0.270. The Labute approximate surface area is 278 Å². The summed E-state index contributed by atoms with van der Waals surface area (Å²) in [6, 6.07) is 17.1. The smallest absolute Gasteiger partial charge is 0.365 e. The van der Waals surface area contributed by atoms with Gasteiger partial charge in [0.15, 0.2) is 5.82 Å². The Morgan fingerprint density at radius 2 is 1.81 bits per heavy atom. The van der Waals surface area contributed by atoms with Crippen LogP contribution in [0.3, 0.4) is 0 Å². The lowest BCUT2D eigenvalue weighted by atomic mass is 9.92. The number of carbonyl (C=O) groups excluding carboxylic acids is 1. The number of nitrogens with zero attached hydrogens (tertiary/aromatic N) is 4. The van der Waals surface area contributed by atoms with Crippen LogP contribution in [-0.4, -0.2) is 37.5 Å². The van der Waals surface area contributed by atoms with Crippen molar-refractivity contribution in [1.29, 1.82) is 0 Å². The van der Waals surface area contributed by atoms with Crippen molar-refractivity contribution in [1.82, 2.24) is 25.0 Å². The van der Waals surface area contributed by atoms with Gasteiger partial charge in [0.05, 0.1) is 33.3 Å². The van der Waals surface area contributed by atoms with E-state index in [1.807, 2.05) is 11.0 Å². The maximum Gasteiger partial charge on any atom is 0.439 e. The lowest BCUT2D eigenvalue weighted by Gasteiger charge is -2.16. The molecule has 1 saturated heterocycles. The van der Waals surface area contributed by atoms with Crippen LogP contribution in [0.2, 0.25) is 0 Å². The van der Waals surface area contributed by atoms with Crippen molar-refractivity contribution in [3.63, 3.8) is 0 Å². The maximum absolute atomic E-state index is 14.1. The summed E-state index contributed by atoms with van der Waals surface area (Å²) in [7, 11) is 0. The summed E-state index contributed by atoms with van der Waals surface area (Å²) in [4.78, 5) is 41.8. The predicted octanol–water partition coefficient (Wildman–Crippen LogP) is 7.02. The zero-order valence-corrected chi connectivity index (χ0v) is 26.8. The van der Waals surface area contributed by atoms with E-state index in [9.17, 15) is 14.0 Å². The quantitative estimate of drug-likeness (QED) is 0.181. The molecule has 6 aromatic rings. The second-order valence-electron chi connectivity index (χ2n) is 12.8. The molecule has 4 aromatic heterocycles. The highest BCUT2D eigenvalue weighted by atomic mass is 32.1. The molecule has 0 radical (unpaired) electrons. The van der Waals surface area contributed by atoms with Gasteiger partial charge in [0.25, 0.3) is 5.91 Å². The molecule has 0 spiro atoms. The number of halogens is 1. The first kappa shape index (κ1) is 29.0. The molecule has 1 unspecified atom stereocenters. The second kappa shape index (κ2) is 11.5. The fourth-order valence-corrected chi connectivity index (χ4v) is 8.80. The number of H-pyrrole nitrogens is 1. The zero-order chi connectivity index (χ0) is 32.4. The highest BCUT2D eigenvalue weighted by Crippen LogP contribution is 2.50. The predicted molar refractivity (Wildman–Crippen MR) is 182 cm³/mol. The molecule has 1 amide bonds. The lowest BCUT2D eigenvalue weighted by molar-refractivity contribution is 0.0776. The van der Waals surface area contributed by atoms with Crippen molar-refractivity contribution in [2.24, 2.45) is 0 Å². The van der Waals surface area contributed by atoms with E-state index in [0.717, 1.165) is 57.7 Å². The Morgan fingerprint density at radius 3 is 2.67 bits per heavy atom. The number of nitrogens with one attached hydrogen (secondary N) is 2. The van der Waals surface area contributed by atoms with E-state index in [-0.39, 0.29) is 23.6 Å². The number of aromatic nitrogens is 4. The molecule has 6 heterocycles. The van der Waals surface area contributed by atoms with Gasteiger partial charge in [-0.3, -0.25) is 19.3 Å². The lowest BCUT2D eigenvalue weighted by Crippen LogP contribution is -2.22. The molecule has 2 aromatic carbocycles. The minimum atomic E-state index is -0.688. The number of aryl methyl sites for hydroxylation is 4. The Balaban J connectivity index is 1.18. The van der Waals surface area contributed by atoms with Crippen LogP contribution in [0.1, 0.15) is 69.3 Å². The van der Waals surface area contributed by atoms with Crippen LogP contribution < -0.4 is 11.1 Å². The Morgan fingerprint density at radius 1 is 0.958 bits per heavy atom. The first-order valence-electron chi connectivity index (χ1n) is 16.4. The number of rotatable bonds is 8. The molecule has 1 fully saturated rings. The highest BCUT2D eigenvalue weighted by Gasteiger charge is 2.44. The largest absolute Gasteiger partial charge is 0.439 e. The first-order valence-corrected chi connectivity index (χ1v) is 17.2. The van der Waals surface area contributed by atoms with Crippen molar-refractivity contribution in [3.05, 3.63) is 116 Å². The summed E-state index contributed by atoms with van der Waals surface area (Å²) in [5.74, 6) is -0.0402. The van der Waals surface area contributed by atoms with E-state index in [2.05, 4.69) is 39.7 Å². The van der Waals surface area contributed by atoms with Crippen LogP contribution in [0.4, 0.5) is 10.2 Å². The van der Waals surface area contributed by atoms with E-state index < -0.39 is 5.76 Å². The average molecular weight is 659 g/mol. The Kier molecular flexibility index (Phi) is 6.96. The maximum atomic E-state index is 14.1. The molecule has 9 rings (SSSR count). The number of amides is 1. The van der Waals surface area contributed by atoms with Gasteiger partial charge in [-0.2, -0.15) is 0 Å². The number of hydrogen-bond acceptors (Lipinski definition) is 8. The summed E-state index contributed by atoms with van der Waals surface area (Å²) in [6.45, 7) is 1.32. The number of fused-ring (bicyclic) bond motifs is 5. The second-order valence-corrected chi connectivity index (χ2v) is 13.8. The molecule has 240 valence electrons. The van der Waals surface area contributed by atoms with Crippen LogP contribution in [0, 0.1) is 5.82 Å². The molecule has 3 aliphatic rings. The fourth-order valence-electron chi connectivity index (χ4n) is 7.62. The van der Waals surface area contributed by atoms with Gasteiger partial charge in [-0.15, -0.1) is 11.3 Å². The number of carbonyl (C=O) groups is 1. The van der Waals surface area contributed by atoms with Gasteiger partial charge < -0.3 is 10.2 Å². The van der Waals surface area contributed by atoms with Crippen LogP contribution in [0.5, 0.6) is 0 Å². The Bertz CT molecular complexity index is 2290. The Hall–Kier alpha value is -5.16. The molecule has 1 aliphatic carbocycles. The van der Waals surface area contributed by atoms with Gasteiger partial charge in [0.1, 0.15) is 11.6 Å². The van der Waals surface area contributed by atoms with Crippen molar-refractivity contribution in [2.75, 3.05) is 11.9 Å². The van der Waals surface area contributed by atoms with Crippen LogP contribution in [-0.2, 0) is 32.2 Å². The van der Waals surface area contributed by atoms with Crippen molar-refractivity contribution < 1.29 is 13.7 Å². The van der Waals surface area contributed by atoms with Crippen LogP contribution in [0.15, 0.2) is 70.1 Å². The number of aromatic amines is 1. The van der Waals surface area contributed by atoms with Gasteiger partial charge >= 0.3 is 5.76 Å². The van der Waals surface area contributed by atoms with Gasteiger partial charge in [0.2, 0.25) is 0 Å². The third kappa shape index (κ3) is 4.92. The molecular weight excluding hydrogens is 628 g/mol. The summed E-state index contributed by atoms with van der Waals surface area (Å²) < 4.78 is 19.6. The first-order chi connectivity index (χ1) is 23.5.